The Balaban J connectivity index is 1.63. The first-order chi connectivity index (χ1) is 16.1. The van der Waals surface area contributed by atoms with Gasteiger partial charge in [0.2, 0.25) is 0 Å². The van der Waals surface area contributed by atoms with Crippen molar-refractivity contribution in [2.45, 2.75) is 12.5 Å². The molecule has 0 aliphatic carbocycles. The summed E-state index contributed by atoms with van der Waals surface area (Å²) in [5.74, 6) is 0.989. The van der Waals surface area contributed by atoms with E-state index >= 15 is 0 Å². The van der Waals surface area contributed by atoms with Gasteiger partial charge in [0, 0.05) is 10.4 Å². The average Bonchev–Trinajstić information content (AvgIpc) is 2.87. The number of ether oxygens (including phenoxy) is 2. The Morgan fingerprint density at radius 2 is 1.15 bits per heavy atom. The van der Waals surface area contributed by atoms with Gasteiger partial charge in [-0.15, -0.1) is 0 Å². The summed E-state index contributed by atoms with van der Waals surface area (Å²) in [4.78, 5) is 0. The second-order valence-electron chi connectivity index (χ2n) is 8.08. The van der Waals surface area contributed by atoms with Crippen molar-refractivity contribution in [1.82, 2.24) is 0 Å². The lowest BCUT2D eigenvalue weighted by atomic mass is 9.80. The SMILES string of the molecule is CC(COc1cc(Br)ccc1Br)COC(c1ccccc1)(c1ccccc1)c1ccccc1. The minimum absolute atomic E-state index is 0.173. The van der Waals surface area contributed by atoms with Crippen LogP contribution >= 0.6 is 31.9 Å². The number of rotatable bonds is 9. The zero-order valence-corrected chi connectivity index (χ0v) is 21.6. The fourth-order valence-electron chi connectivity index (χ4n) is 3.90. The first-order valence-electron chi connectivity index (χ1n) is 11.0. The maximum absolute atomic E-state index is 6.89. The quantitative estimate of drug-likeness (QED) is 0.190. The Hall–Kier alpha value is -2.40. The molecule has 0 saturated heterocycles. The van der Waals surface area contributed by atoms with Crippen LogP contribution in [0.2, 0.25) is 0 Å². The third-order valence-electron chi connectivity index (χ3n) is 5.54. The highest BCUT2D eigenvalue weighted by Crippen LogP contribution is 2.40. The molecule has 0 bridgehead atoms. The molecule has 4 aromatic rings. The Kier molecular flexibility index (Phi) is 8.02. The Morgan fingerprint density at radius 3 is 1.64 bits per heavy atom. The van der Waals surface area contributed by atoms with E-state index in [1.807, 2.05) is 36.4 Å². The fraction of sp³-hybridized carbons (Fsp3) is 0.172. The molecule has 1 unspecified atom stereocenters. The summed E-state index contributed by atoms with van der Waals surface area (Å²) in [7, 11) is 0. The van der Waals surface area contributed by atoms with Crippen LogP contribution in [0.4, 0.5) is 0 Å². The molecular formula is C29H26Br2O2. The summed E-state index contributed by atoms with van der Waals surface area (Å²) in [5.41, 5.74) is 2.59. The van der Waals surface area contributed by atoms with Gasteiger partial charge in [0.25, 0.3) is 0 Å². The van der Waals surface area contributed by atoms with E-state index in [-0.39, 0.29) is 5.92 Å². The van der Waals surface area contributed by atoms with E-state index in [1.54, 1.807) is 0 Å². The Labute approximate surface area is 212 Å². The lowest BCUT2D eigenvalue weighted by molar-refractivity contribution is -0.0127. The monoisotopic (exact) mass is 564 g/mol. The molecule has 4 rings (SSSR count). The molecule has 0 heterocycles. The highest BCUT2D eigenvalue weighted by atomic mass is 79.9. The van der Waals surface area contributed by atoms with Gasteiger partial charge in [0.15, 0.2) is 0 Å². The second-order valence-corrected chi connectivity index (χ2v) is 9.85. The van der Waals surface area contributed by atoms with Gasteiger partial charge in [0.1, 0.15) is 11.4 Å². The third-order valence-corrected chi connectivity index (χ3v) is 6.69. The molecule has 0 amide bonds. The molecule has 0 saturated carbocycles. The molecule has 168 valence electrons. The lowest BCUT2D eigenvalue weighted by Crippen LogP contribution is -2.35. The molecule has 1 atom stereocenters. The van der Waals surface area contributed by atoms with Gasteiger partial charge in [-0.25, -0.2) is 0 Å². The molecule has 0 aliphatic heterocycles. The summed E-state index contributed by atoms with van der Waals surface area (Å²) in [5, 5.41) is 0. The summed E-state index contributed by atoms with van der Waals surface area (Å²) >= 11 is 7.08. The molecule has 2 nitrogen and oxygen atoms in total. The average molecular weight is 566 g/mol. The number of hydrogen-bond acceptors (Lipinski definition) is 2. The van der Waals surface area contributed by atoms with Crippen molar-refractivity contribution >= 4 is 31.9 Å². The minimum Gasteiger partial charge on any atom is -0.492 e. The topological polar surface area (TPSA) is 18.5 Å². The summed E-state index contributed by atoms with van der Waals surface area (Å²) < 4.78 is 14.9. The fourth-order valence-corrected chi connectivity index (χ4v) is 4.60. The molecular weight excluding hydrogens is 540 g/mol. The first kappa shape index (κ1) is 23.7. The molecule has 0 radical (unpaired) electrons. The predicted molar refractivity (Wildman–Crippen MR) is 142 cm³/mol. The predicted octanol–water partition coefficient (Wildman–Crippen LogP) is 8.24. The Morgan fingerprint density at radius 1 is 0.667 bits per heavy atom. The second kappa shape index (κ2) is 11.1. The summed E-state index contributed by atoms with van der Waals surface area (Å²) in [6.45, 7) is 3.23. The first-order valence-corrected chi connectivity index (χ1v) is 12.6. The molecule has 4 aromatic carbocycles. The number of halogens is 2. The van der Waals surface area contributed by atoms with Crippen LogP contribution in [0.25, 0.3) is 0 Å². The van der Waals surface area contributed by atoms with Gasteiger partial charge in [-0.2, -0.15) is 0 Å². The molecule has 0 spiro atoms. The van der Waals surface area contributed by atoms with Crippen LogP contribution in [0.3, 0.4) is 0 Å². The Bertz CT molecular complexity index is 1050. The van der Waals surface area contributed by atoms with E-state index in [0.717, 1.165) is 31.4 Å². The highest BCUT2D eigenvalue weighted by molar-refractivity contribution is 9.11. The van der Waals surface area contributed by atoms with Gasteiger partial charge in [-0.1, -0.05) is 114 Å². The smallest absolute Gasteiger partial charge is 0.143 e. The van der Waals surface area contributed by atoms with Crippen LogP contribution in [-0.4, -0.2) is 13.2 Å². The molecule has 0 aliphatic rings. The van der Waals surface area contributed by atoms with Gasteiger partial charge in [-0.05, 0) is 50.8 Å². The number of hydrogen-bond donors (Lipinski definition) is 0. The highest BCUT2D eigenvalue weighted by Gasteiger charge is 2.37. The van der Waals surface area contributed by atoms with Gasteiger partial charge < -0.3 is 9.47 Å². The molecule has 0 N–H and O–H groups in total. The standard InChI is InChI=1S/C29H26Br2O2/c1-22(20-32-28-19-26(30)17-18-27(28)31)21-33-29(23-11-5-2-6-12-23,24-13-7-3-8-14-24)25-15-9-4-10-16-25/h2-19,22H,20-21H2,1H3. The lowest BCUT2D eigenvalue weighted by Gasteiger charge is -2.36. The zero-order valence-electron chi connectivity index (χ0n) is 18.5. The largest absolute Gasteiger partial charge is 0.492 e. The normalized spacial score (nSPS) is 12.3. The van der Waals surface area contributed by atoms with E-state index in [0.29, 0.717) is 13.2 Å². The van der Waals surface area contributed by atoms with Crippen molar-refractivity contribution in [1.29, 1.82) is 0 Å². The van der Waals surface area contributed by atoms with E-state index in [1.165, 1.54) is 0 Å². The van der Waals surface area contributed by atoms with E-state index in [4.69, 9.17) is 9.47 Å². The van der Waals surface area contributed by atoms with Crippen molar-refractivity contribution in [3.05, 3.63) is 135 Å². The van der Waals surface area contributed by atoms with Crippen molar-refractivity contribution in [2.75, 3.05) is 13.2 Å². The van der Waals surface area contributed by atoms with Crippen LogP contribution in [0.15, 0.2) is 118 Å². The van der Waals surface area contributed by atoms with Crippen LogP contribution in [-0.2, 0) is 10.3 Å². The van der Waals surface area contributed by atoms with Crippen molar-refractivity contribution in [3.63, 3.8) is 0 Å². The molecule has 4 heteroatoms. The zero-order chi connectivity index (χ0) is 23.1. The minimum atomic E-state index is -0.714. The third kappa shape index (κ3) is 5.57. The van der Waals surface area contributed by atoms with Crippen LogP contribution in [0.1, 0.15) is 23.6 Å². The van der Waals surface area contributed by atoms with Crippen LogP contribution in [0, 0.1) is 5.92 Å². The van der Waals surface area contributed by atoms with Gasteiger partial charge in [0.05, 0.1) is 17.7 Å². The van der Waals surface area contributed by atoms with Crippen molar-refractivity contribution < 1.29 is 9.47 Å². The van der Waals surface area contributed by atoms with Gasteiger partial charge in [-0.3, -0.25) is 0 Å². The van der Waals surface area contributed by atoms with Crippen molar-refractivity contribution in [3.8, 4) is 5.75 Å². The van der Waals surface area contributed by atoms with Crippen LogP contribution in [0.5, 0.6) is 5.75 Å². The molecule has 0 fully saturated rings. The summed E-state index contributed by atoms with van der Waals surface area (Å²) in [6, 6.07) is 37.3. The van der Waals surface area contributed by atoms with Crippen LogP contribution < -0.4 is 4.74 Å². The van der Waals surface area contributed by atoms with Gasteiger partial charge >= 0.3 is 0 Å². The maximum Gasteiger partial charge on any atom is 0.143 e. The number of benzene rings is 4. The van der Waals surface area contributed by atoms with Crippen molar-refractivity contribution in [2.24, 2.45) is 5.92 Å². The maximum atomic E-state index is 6.89. The van der Waals surface area contributed by atoms with E-state index < -0.39 is 5.60 Å². The molecule has 0 aromatic heterocycles. The molecule has 33 heavy (non-hydrogen) atoms. The van der Waals surface area contributed by atoms with E-state index in [2.05, 4.69) is 112 Å². The van der Waals surface area contributed by atoms with E-state index in [9.17, 15) is 0 Å². The summed E-state index contributed by atoms with van der Waals surface area (Å²) in [6.07, 6.45) is 0.